The number of guanidine groups is 1. The predicted octanol–water partition coefficient (Wildman–Crippen LogP) is 3.17. The number of aryl methyl sites for hydroxylation is 1. The van der Waals surface area contributed by atoms with Crippen LogP contribution in [0.25, 0.3) is 0 Å². The molecule has 1 aliphatic rings. The van der Waals surface area contributed by atoms with Crippen molar-refractivity contribution >= 4 is 52.9 Å². The first-order valence-electron chi connectivity index (χ1n) is 8.86. The maximum atomic E-state index is 10.4. The highest BCUT2D eigenvalue weighted by Gasteiger charge is 2.17. The molecule has 0 bridgehead atoms. The van der Waals surface area contributed by atoms with E-state index in [1.54, 1.807) is 6.07 Å². The van der Waals surface area contributed by atoms with Gasteiger partial charge in [0, 0.05) is 24.5 Å². The second-order valence-corrected chi connectivity index (χ2v) is 8.30. The summed E-state index contributed by atoms with van der Waals surface area (Å²) in [6, 6.07) is 4.08. The van der Waals surface area contributed by atoms with Crippen molar-refractivity contribution in [2.75, 3.05) is 6.54 Å². The van der Waals surface area contributed by atoms with Gasteiger partial charge in [-0.05, 0) is 31.9 Å². The molecular weight excluding hydrogens is 499 g/mol. The van der Waals surface area contributed by atoms with E-state index in [1.807, 2.05) is 24.6 Å². The van der Waals surface area contributed by atoms with Crippen LogP contribution in [0.15, 0.2) is 17.1 Å². The van der Waals surface area contributed by atoms with Gasteiger partial charge in [-0.2, -0.15) is 0 Å². The summed E-state index contributed by atoms with van der Waals surface area (Å²) in [5.74, 6) is 2.36. The number of aromatic nitrogens is 3. The van der Waals surface area contributed by atoms with Gasteiger partial charge in [0.1, 0.15) is 18.5 Å². The predicted molar refractivity (Wildman–Crippen MR) is 120 cm³/mol. The lowest BCUT2D eigenvalue weighted by Crippen LogP contribution is -2.43. The van der Waals surface area contributed by atoms with Crippen LogP contribution < -0.4 is 10.6 Å². The Labute approximate surface area is 185 Å². The molecule has 1 saturated carbocycles. The summed E-state index contributed by atoms with van der Waals surface area (Å²) in [4.78, 5) is 5.48. The van der Waals surface area contributed by atoms with Crippen LogP contribution in [-0.2, 0) is 13.6 Å². The van der Waals surface area contributed by atoms with Crippen molar-refractivity contribution in [3.05, 3.63) is 33.0 Å². The lowest BCUT2D eigenvalue weighted by Gasteiger charge is -2.19. The van der Waals surface area contributed by atoms with Gasteiger partial charge >= 0.3 is 0 Å². The molecule has 3 rings (SSSR count). The van der Waals surface area contributed by atoms with Gasteiger partial charge in [-0.3, -0.25) is 0 Å². The van der Waals surface area contributed by atoms with E-state index < -0.39 is 6.10 Å². The number of halogens is 2. The molecule has 10 heteroatoms. The SMILES string of the molecule is Cc1nnc(CN=C(NCC(O)c2ccc(Cl)s2)NC2CCCC2)n1C.I. The van der Waals surface area contributed by atoms with Crippen molar-refractivity contribution in [2.24, 2.45) is 12.0 Å². The number of thiophene rings is 1. The van der Waals surface area contributed by atoms with Crippen LogP contribution in [0.1, 0.15) is 48.3 Å². The zero-order valence-corrected chi connectivity index (χ0v) is 19.4. The monoisotopic (exact) mass is 524 g/mol. The standard InChI is InChI=1S/C17H25ClN6OS.HI/c1-11-22-23-16(24(11)2)10-20-17(21-12-5-3-4-6-12)19-9-13(25)14-7-8-15(18)26-14;/h7-8,12-13,25H,3-6,9-10H2,1-2H3,(H2,19,20,21);1H. The van der Waals surface area contributed by atoms with E-state index in [0.29, 0.717) is 29.4 Å². The first kappa shape index (κ1) is 22.4. The van der Waals surface area contributed by atoms with Gasteiger partial charge < -0.3 is 20.3 Å². The summed E-state index contributed by atoms with van der Waals surface area (Å²) in [5.41, 5.74) is 0. The highest BCUT2D eigenvalue weighted by molar-refractivity contribution is 14.0. The van der Waals surface area contributed by atoms with Gasteiger partial charge in [0.05, 0.1) is 4.34 Å². The number of nitrogens with one attached hydrogen (secondary N) is 2. The summed E-state index contributed by atoms with van der Waals surface area (Å²) in [6.45, 7) is 2.71. The Balaban J connectivity index is 0.00000261. The molecule has 3 N–H and O–H groups in total. The largest absolute Gasteiger partial charge is 0.386 e. The number of aliphatic imine (C=N–C) groups is 1. The Morgan fingerprint density at radius 3 is 2.74 bits per heavy atom. The van der Waals surface area contributed by atoms with Crippen LogP contribution >= 0.6 is 46.9 Å². The van der Waals surface area contributed by atoms with E-state index in [9.17, 15) is 5.11 Å². The number of hydrogen-bond acceptors (Lipinski definition) is 5. The minimum atomic E-state index is -0.625. The Bertz CT molecular complexity index is 758. The number of rotatable bonds is 6. The summed E-state index contributed by atoms with van der Waals surface area (Å²) in [6.07, 6.45) is 4.15. The van der Waals surface area contributed by atoms with E-state index in [4.69, 9.17) is 11.6 Å². The van der Waals surface area contributed by atoms with Crippen LogP contribution in [0.2, 0.25) is 4.34 Å². The molecule has 0 radical (unpaired) electrons. The molecule has 2 heterocycles. The molecule has 150 valence electrons. The molecule has 1 atom stereocenters. The highest BCUT2D eigenvalue weighted by atomic mass is 127. The minimum Gasteiger partial charge on any atom is -0.386 e. The molecule has 0 aliphatic heterocycles. The molecule has 7 nitrogen and oxygen atoms in total. The smallest absolute Gasteiger partial charge is 0.192 e. The molecule has 1 unspecified atom stereocenters. The van der Waals surface area contributed by atoms with Crippen molar-refractivity contribution in [3.8, 4) is 0 Å². The first-order valence-corrected chi connectivity index (χ1v) is 10.1. The lowest BCUT2D eigenvalue weighted by molar-refractivity contribution is 0.184. The van der Waals surface area contributed by atoms with Gasteiger partial charge in [0.15, 0.2) is 11.8 Å². The molecule has 1 fully saturated rings. The van der Waals surface area contributed by atoms with Crippen molar-refractivity contribution in [2.45, 2.75) is 51.3 Å². The van der Waals surface area contributed by atoms with E-state index in [0.717, 1.165) is 29.4 Å². The normalized spacial score (nSPS) is 16.2. The molecule has 1 aliphatic carbocycles. The fourth-order valence-electron chi connectivity index (χ4n) is 2.96. The molecule has 2 aromatic rings. The van der Waals surface area contributed by atoms with E-state index >= 15 is 0 Å². The van der Waals surface area contributed by atoms with Crippen molar-refractivity contribution in [3.63, 3.8) is 0 Å². The maximum absolute atomic E-state index is 10.4. The van der Waals surface area contributed by atoms with Crippen molar-refractivity contribution in [1.82, 2.24) is 25.4 Å². The van der Waals surface area contributed by atoms with Gasteiger partial charge in [-0.1, -0.05) is 24.4 Å². The van der Waals surface area contributed by atoms with Crippen LogP contribution in [0.3, 0.4) is 0 Å². The van der Waals surface area contributed by atoms with Gasteiger partial charge in [-0.25, -0.2) is 4.99 Å². The second kappa shape index (κ2) is 10.6. The molecule has 0 amide bonds. The van der Waals surface area contributed by atoms with Crippen molar-refractivity contribution < 1.29 is 5.11 Å². The second-order valence-electron chi connectivity index (χ2n) is 6.55. The topological polar surface area (TPSA) is 87.4 Å². The fraction of sp³-hybridized carbons (Fsp3) is 0.588. The summed E-state index contributed by atoms with van der Waals surface area (Å²) in [7, 11) is 1.93. The summed E-state index contributed by atoms with van der Waals surface area (Å²) >= 11 is 7.34. The van der Waals surface area contributed by atoms with Gasteiger partial charge in [-0.15, -0.1) is 45.5 Å². The third kappa shape index (κ3) is 6.30. The van der Waals surface area contributed by atoms with E-state index in [1.165, 1.54) is 24.2 Å². The number of aliphatic hydroxyl groups is 1. The summed E-state index contributed by atoms with van der Waals surface area (Å²) in [5, 5.41) is 25.3. The third-order valence-electron chi connectivity index (χ3n) is 4.64. The van der Waals surface area contributed by atoms with Crippen LogP contribution in [-0.4, -0.2) is 38.4 Å². The molecular formula is C17H26ClIN6OS. The third-order valence-corrected chi connectivity index (χ3v) is 5.97. The van der Waals surface area contributed by atoms with E-state index in [-0.39, 0.29) is 24.0 Å². The number of hydrogen-bond donors (Lipinski definition) is 3. The van der Waals surface area contributed by atoms with Crippen molar-refractivity contribution in [1.29, 1.82) is 0 Å². The average Bonchev–Trinajstić information content (AvgIpc) is 3.35. The zero-order chi connectivity index (χ0) is 18.5. The van der Waals surface area contributed by atoms with E-state index in [2.05, 4.69) is 25.8 Å². The molecule has 2 aromatic heterocycles. The average molecular weight is 525 g/mol. The van der Waals surface area contributed by atoms with Gasteiger partial charge in [0.25, 0.3) is 0 Å². The van der Waals surface area contributed by atoms with Crippen LogP contribution in [0.5, 0.6) is 0 Å². The molecule has 0 saturated heterocycles. The minimum absolute atomic E-state index is 0. The number of nitrogens with zero attached hydrogens (tertiary/aromatic N) is 4. The van der Waals surface area contributed by atoms with Gasteiger partial charge in [0.2, 0.25) is 0 Å². The summed E-state index contributed by atoms with van der Waals surface area (Å²) < 4.78 is 2.61. The lowest BCUT2D eigenvalue weighted by atomic mass is 10.2. The number of aliphatic hydroxyl groups excluding tert-OH is 1. The van der Waals surface area contributed by atoms with Crippen LogP contribution in [0, 0.1) is 6.92 Å². The Hall–Kier alpha value is -0.910. The fourth-order valence-corrected chi connectivity index (χ4v) is 4.00. The first-order chi connectivity index (χ1) is 12.5. The Morgan fingerprint density at radius 1 is 1.41 bits per heavy atom. The quantitative estimate of drug-likeness (QED) is 0.307. The molecule has 0 spiro atoms. The molecule has 27 heavy (non-hydrogen) atoms. The highest BCUT2D eigenvalue weighted by Crippen LogP contribution is 2.26. The Kier molecular flexibility index (Phi) is 8.77. The maximum Gasteiger partial charge on any atom is 0.192 e. The Morgan fingerprint density at radius 2 is 2.15 bits per heavy atom. The van der Waals surface area contributed by atoms with Crippen LogP contribution in [0.4, 0.5) is 0 Å². The molecule has 0 aromatic carbocycles. The zero-order valence-electron chi connectivity index (χ0n) is 15.5.